The summed E-state index contributed by atoms with van der Waals surface area (Å²) in [6.07, 6.45) is 0. The van der Waals surface area contributed by atoms with Gasteiger partial charge in [-0.2, -0.15) is 0 Å². The van der Waals surface area contributed by atoms with E-state index in [1.807, 2.05) is 12.1 Å². The lowest BCUT2D eigenvalue weighted by Crippen LogP contribution is -1.90. The third kappa shape index (κ3) is 3.41. The molecule has 0 aliphatic rings. The lowest BCUT2D eigenvalue weighted by molar-refractivity contribution is 0.670. The van der Waals surface area contributed by atoms with Crippen molar-refractivity contribution < 1.29 is 27.7 Å². The molecule has 0 saturated heterocycles. The first kappa shape index (κ1) is 10.9. The number of hydrogen-bond acceptors (Lipinski definition) is 1. The molecule has 182 valence electrons. The summed E-state index contributed by atoms with van der Waals surface area (Å²) in [6, 6.07) is -0.971. The highest BCUT2D eigenvalue weighted by molar-refractivity contribution is 6.21. The minimum atomic E-state index is -0.823. The summed E-state index contributed by atoms with van der Waals surface area (Å²) in [5, 5.41) is -0.667. The van der Waals surface area contributed by atoms with E-state index in [0.29, 0.717) is 11.0 Å². The van der Waals surface area contributed by atoms with Gasteiger partial charge in [0.25, 0.3) is 0 Å². The molecular formula is C38H24O. The fourth-order valence-corrected chi connectivity index (χ4v) is 5.02. The van der Waals surface area contributed by atoms with E-state index in [9.17, 15) is 5.48 Å². The van der Waals surface area contributed by atoms with Gasteiger partial charge in [-0.3, -0.25) is 0 Å². The summed E-state index contributed by atoms with van der Waals surface area (Å²) in [6.45, 7) is 0. The first-order chi connectivity index (χ1) is 26.4. The molecule has 0 spiro atoms. The maximum absolute atomic E-state index is 9.40. The Hall–Kier alpha value is -5.14. The maximum Gasteiger partial charge on any atom is 0.143 e. The van der Waals surface area contributed by atoms with Crippen molar-refractivity contribution in [2.75, 3.05) is 0 Å². The Morgan fingerprint density at radius 2 is 0.923 bits per heavy atom. The monoisotopic (exact) mass is 513 g/mol. The van der Waals surface area contributed by atoms with Crippen LogP contribution in [0.4, 0.5) is 0 Å². The van der Waals surface area contributed by atoms with Crippen LogP contribution in [0.3, 0.4) is 0 Å². The van der Waals surface area contributed by atoms with E-state index in [0.717, 1.165) is 5.39 Å². The Morgan fingerprint density at radius 3 is 1.56 bits per heavy atom. The Bertz CT molecular complexity index is 2970. The normalized spacial score (nSPS) is 17.7. The second kappa shape index (κ2) is 8.72. The summed E-state index contributed by atoms with van der Waals surface area (Å²) in [7, 11) is 0. The number of benzene rings is 7. The molecule has 0 N–H and O–H groups in total. The SMILES string of the molecule is [2H]c1c([2H])c([2H])c(-c2c3c([2H])c([2H])c([2H])c([2H])c3c(-c3c([2H])c([2H])c(-c4cccc5c4oc4ccccc45)c([2H])c3[2H])c3c([2H])c([2H])c([2H])c([2H])c23)c([2H])c1[2H]. The molecule has 0 amide bonds. The van der Waals surface area contributed by atoms with E-state index in [4.69, 9.17) is 22.2 Å². The largest absolute Gasteiger partial charge is 0.455 e. The predicted octanol–water partition coefficient (Wildman–Crippen LogP) is 10.9. The summed E-state index contributed by atoms with van der Waals surface area (Å²) >= 11 is 0. The zero-order chi connectivity index (χ0) is 40.6. The molecule has 0 aliphatic carbocycles. The molecule has 0 radical (unpaired) electrons. The van der Waals surface area contributed by atoms with Crippen LogP contribution in [-0.2, 0) is 0 Å². The van der Waals surface area contributed by atoms with Gasteiger partial charge in [-0.1, -0.05) is 139 Å². The molecule has 0 saturated carbocycles. The van der Waals surface area contributed by atoms with E-state index in [1.54, 1.807) is 30.3 Å². The summed E-state index contributed by atoms with van der Waals surface area (Å²) < 4.78 is 157. The quantitative estimate of drug-likeness (QED) is 0.214. The van der Waals surface area contributed by atoms with E-state index >= 15 is 0 Å². The number of fused-ring (bicyclic) bond motifs is 5. The van der Waals surface area contributed by atoms with Gasteiger partial charge in [0.05, 0.1) is 23.3 Å². The third-order valence-electron chi connectivity index (χ3n) is 6.67. The predicted molar refractivity (Wildman–Crippen MR) is 165 cm³/mol. The highest BCUT2D eigenvalue weighted by atomic mass is 16.3. The second-order valence-electron chi connectivity index (χ2n) is 8.78. The first-order valence-electron chi connectivity index (χ1n) is 20.5. The van der Waals surface area contributed by atoms with Gasteiger partial charge in [-0.25, -0.2) is 0 Å². The van der Waals surface area contributed by atoms with E-state index in [1.165, 1.54) is 0 Å². The molecule has 0 aliphatic heterocycles. The molecule has 1 heterocycles. The average molecular weight is 514 g/mol. The fraction of sp³-hybridized carbons (Fsp3) is 0. The number of rotatable bonds is 3. The Kier molecular flexibility index (Phi) is 2.44. The molecule has 0 bridgehead atoms. The summed E-state index contributed by atoms with van der Waals surface area (Å²) in [5.74, 6) is 0. The summed E-state index contributed by atoms with van der Waals surface area (Å²) in [4.78, 5) is 0. The van der Waals surface area contributed by atoms with E-state index in [2.05, 4.69) is 0 Å². The van der Waals surface area contributed by atoms with Crippen molar-refractivity contribution >= 4 is 43.5 Å². The van der Waals surface area contributed by atoms with Crippen molar-refractivity contribution in [3.63, 3.8) is 0 Å². The number of para-hydroxylation sites is 2. The van der Waals surface area contributed by atoms with Crippen LogP contribution >= 0.6 is 0 Å². The summed E-state index contributed by atoms with van der Waals surface area (Å²) in [5.41, 5.74) is -1.32. The van der Waals surface area contributed by atoms with Crippen LogP contribution in [0.5, 0.6) is 0 Å². The lowest BCUT2D eigenvalue weighted by Gasteiger charge is -2.18. The first-order valence-corrected chi connectivity index (χ1v) is 12.0. The van der Waals surface area contributed by atoms with Gasteiger partial charge in [0, 0.05) is 16.3 Å². The Balaban J connectivity index is 1.64. The average Bonchev–Trinajstić information content (AvgIpc) is 3.57. The lowest BCUT2D eigenvalue weighted by atomic mass is 9.86. The van der Waals surface area contributed by atoms with Crippen molar-refractivity contribution in [1.29, 1.82) is 0 Å². The molecule has 1 aromatic heterocycles. The highest BCUT2D eigenvalue weighted by Gasteiger charge is 2.17. The standard InChI is InChI=1S/C38H24O/c1-2-11-26(12-3-1)36-30-14-4-6-16-32(30)37(33-17-7-5-15-31(33)36)27-23-21-25(22-24-27)28-18-10-19-34-29-13-8-9-20-35(29)39-38(28)34/h1-24H/i1D,2D,3D,4D,5D,6D,7D,11D,12D,14D,15D,16D,17D,21D,22D,23D,24D. The topological polar surface area (TPSA) is 13.1 Å². The minimum absolute atomic E-state index is 0.165. The zero-order valence-electron chi connectivity index (χ0n) is 36.9. The van der Waals surface area contributed by atoms with Crippen LogP contribution in [-0.4, -0.2) is 0 Å². The number of furan rings is 1. The maximum atomic E-state index is 9.40. The van der Waals surface area contributed by atoms with Gasteiger partial charge in [0.1, 0.15) is 11.2 Å². The van der Waals surface area contributed by atoms with Crippen molar-refractivity contribution in [3.05, 3.63) is 145 Å². The molecule has 0 unspecified atom stereocenters. The van der Waals surface area contributed by atoms with Crippen molar-refractivity contribution in [2.45, 2.75) is 0 Å². The smallest absolute Gasteiger partial charge is 0.143 e. The molecular weight excluding hydrogens is 472 g/mol. The Labute approximate surface area is 250 Å². The van der Waals surface area contributed by atoms with Crippen molar-refractivity contribution in [2.24, 2.45) is 0 Å². The molecule has 1 heteroatoms. The van der Waals surface area contributed by atoms with Crippen molar-refractivity contribution in [1.82, 2.24) is 0 Å². The van der Waals surface area contributed by atoms with E-state index < -0.39 is 147 Å². The van der Waals surface area contributed by atoms with E-state index in [-0.39, 0.29) is 16.7 Å². The molecule has 0 fully saturated rings. The van der Waals surface area contributed by atoms with Crippen LogP contribution in [0.25, 0.3) is 76.9 Å². The van der Waals surface area contributed by atoms with Crippen molar-refractivity contribution in [3.8, 4) is 33.4 Å². The highest BCUT2D eigenvalue weighted by Crippen LogP contribution is 2.44. The third-order valence-corrected chi connectivity index (χ3v) is 6.67. The van der Waals surface area contributed by atoms with Crippen LogP contribution in [0.1, 0.15) is 23.3 Å². The van der Waals surface area contributed by atoms with Crippen LogP contribution in [0.2, 0.25) is 0 Å². The van der Waals surface area contributed by atoms with Gasteiger partial charge in [-0.05, 0) is 55.4 Å². The molecule has 1 nitrogen and oxygen atoms in total. The van der Waals surface area contributed by atoms with Crippen LogP contribution in [0, 0.1) is 0 Å². The van der Waals surface area contributed by atoms with Gasteiger partial charge < -0.3 is 4.42 Å². The molecule has 8 aromatic rings. The van der Waals surface area contributed by atoms with Gasteiger partial charge >= 0.3 is 0 Å². The van der Waals surface area contributed by atoms with Gasteiger partial charge in [0.2, 0.25) is 0 Å². The zero-order valence-corrected chi connectivity index (χ0v) is 19.9. The number of hydrogen-bond donors (Lipinski definition) is 0. The van der Waals surface area contributed by atoms with Crippen LogP contribution in [0.15, 0.2) is 150 Å². The van der Waals surface area contributed by atoms with Gasteiger partial charge in [-0.15, -0.1) is 0 Å². The molecule has 7 aromatic carbocycles. The van der Waals surface area contributed by atoms with Gasteiger partial charge in [0.15, 0.2) is 0 Å². The minimum Gasteiger partial charge on any atom is -0.455 e. The Morgan fingerprint density at radius 1 is 0.410 bits per heavy atom. The van der Waals surface area contributed by atoms with Crippen LogP contribution < -0.4 is 0 Å². The fourth-order valence-electron chi connectivity index (χ4n) is 5.02. The second-order valence-corrected chi connectivity index (χ2v) is 8.78. The molecule has 0 atom stereocenters. The molecule has 39 heavy (non-hydrogen) atoms. The molecule has 8 rings (SSSR count).